The number of hydrogen-bond donors (Lipinski definition) is 3. The summed E-state index contributed by atoms with van der Waals surface area (Å²) >= 11 is 0. The number of ether oxygens (including phenoxy) is 4. The van der Waals surface area contributed by atoms with Gasteiger partial charge in [-0.3, -0.25) is 9.36 Å². The largest absolute Gasteiger partial charge is 0.493 e. The standard InChI is InChI=1S/C36H48N8O9/c1-22-10-12-43(30(46)17-37-3)18-26(22)42(6)33-25-11-13-44(34(25)39-21-38-33)36(49)41(5)15-14-40(4)23(2)51-19-24-8-9-28(29(16-24)50-7)53-35-32(48)31(47)27(45)20-52-35/h8-9,11,13,16,21-22,26-27,31-32,35,45,47-48H,2,10,12,14-15,17-20H2,1,4-7H3/t22-,26+,27-,31+,32-,35+/m1/s1. The van der Waals surface area contributed by atoms with E-state index >= 15 is 0 Å². The highest BCUT2D eigenvalue weighted by Crippen LogP contribution is 2.32. The second-order valence-electron chi connectivity index (χ2n) is 13.4. The molecule has 0 bridgehead atoms. The Balaban J connectivity index is 1.15. The lowest BCUT2D eigenvalue weighted by molar-refractivity contribution is -0.242. The number of aromatic nitrogens is 3. The van der Waals surface area contributed by atoms with Gasteiger partial charge in [-0.05, 0) is 42.7 Å². The van der Waals surface area contributed by atoms with Crippen molar-refractivity contribution in [1.82, 2.24) is 29.2 Å². The van der Waals surface area contributed by atoms with Crippen LogP contribution in [0.5, 0.6) is 11.5 Å². The van der Waals surface area contributed by atoms with Crippen molar-refractivity contribution in [2.75, 3.05) is 72.5 Å². The summed E-state index contributed by atoms with van der Waals surface area (Å²) in [6, 6.07) is 6.59. The van der Waals surface area contributed by atoms with Crippen LogP contribution >= 0.6 is 0 Å². The number of nitrogens with zero attached hydrogens (tertiary/aromatic N) is 8. The Morgan fingerprint density at radius 1 is 1.09 bits per heavy atom. The zero-order valence-electron chi connectivity index (χ0n) is 30.7. The average molecular weight is 737 g/mol. The minimum Gasteiger partial charge on any atom is -0.493 e. The fourth-order valence-electron chi connectivity index (χ4n) is 6.37. The summed E-state index contributed by atoms with van der Waals surface area (Å²) in [4.78, 5) is 45.5. The second kappa shape index (κ2) is 17.1. The molecule has 0 spiro atoms. The van der Waals surface area contributed by atoms with Crippen LogP contribution in [0.15, 0.2) is 49.3 Å². The Labute approximate surface area is 308 Å². The molecule has 1 aromatic carbocycles. The number of aliphatic hydroxyl groups is 3. The summed E-state index contributed by atoms with van der Waals surface area (Å²) in [6.45, 7) is 14.9. The molecule has 2 saturated heterocycles. The topological polar surface area (TPSA) is 180 Å². The molecule has 0 aliphatic carbocycles. The number of likely N-dealkylation sites (N-methyl/N-ethyl adjacent to an activating group) is 3. The van der Waals surface area contributed by atoms with E-state index < -0.39 is 24.6 Å². The van der Waals surface area contributed by atoms with Gasteiger partial charge in [-0.2, -0.15) is 0 Å². The van der Waals surface area contributed by atoms with E-state index in [1.165, 1.54) is 18.0 Å². The summed E-state index contributed by atoms with van der Waals surface area (Å²) in [5.41, 5.74) is 1.21. The summed E-state index contributed by atoms with van der Waals surface area (Å²) in [7, 11) is 6.91. The van der Waals surface area contributed by atoms with Gasteiger partial charge < -0.3 is 58.7 Å². The third-order valence-electron chi connectivity index (χ3n) is 9.84. The maximum absolute atomic E-state index is 13.6. The highest BCUT2D eigenvalue weighted by molar-refractivity contribution is 5.94. The minimum absolute atomic E-state index is 0.0247. The molecule has 17 heteroatoms. The number of piperidine rings is 1. The molecule has 17 nitrogen and oxygen atoms in total. The number of benzene rings is 1. The fourth-order valence-corrected chi connectivity index (χ4v) is 6.37. The quantitative estimate of drug-likeness (QED) is 0.169. The van der Waals surface area contributed by atoms with Gasteiger partial charge in [-0.25, -0.2) is 21.3 Å². The third kappa shape index (κ3) is 8.74. The van der Waals surface area contributed by atoms with Crippen molar-refractivity contribution in [3.63, 3.8) is 0 Å². The van der Waals surface area contributed by atoms with E-state index in [0.29, 0.717) is 54.7 Å². The highest BCUT2D eigenvalue weighted by atomic mass is 16.7. The SMILES string of the molecule is [C-]#[N+]CC(=O)N1CC[C@@H](C)[C@@H](N(C)c2ncnc3c2ccn3C(=O)N(C)CCN(C)C(=C)OCc2ccc(O[C@@H]3OC[C@@H](O)[C@H](O)[C@H]3O)c(OC)c2)C1. The number of methoxy groups -OCH3 is 1. The predicted octanol–water partition coefficient (Wildman–Crippen LogP) is 1.37. The van der Waals surface area contributed by atoms with E-state index in [0.717, 1.165) is 12.0 Å². The van der Waals surface area contributed by atoms with E-state index in [9.17, 15) is 24.9 Å². The van der Waals surface area contributed by atoms with Gasteiger partial charge in [0.2, 0.25) is 6.29 Å². The number of fused-ring (bicyclic) bond motifs is 1. The van der Waals surface area contributed by atoms with Crippen LogP contribution in [0.2, 0.25) is 0 Å². The first-order valence-electron chi connectivity index (χ1n) is 17.3. The molecule has 3 aromatic rings. The van der Waals surface area contributed by atoms with Gasteiger partial charge in [-0.15, -0.1) is 0 Å². The molecule has 0 radical (unpaired) electrons. The van der Waals surface area contributed by atoms with Crippen LogP contribution in [0.25, 0.3) is 15.9 Å². The molecule has 6 atom stereocenters. The number of anilines is 1. The van der Waals surface area contributed by atoms with E-state index in [1.54, 1.807) is 46.1 Å². The van der Waals surface area contributed by atoms with E-state index in [4.69, 9.17) is 25.5 Å². The van der Waals surface area contributed by atoms with Gasteiger partial charge in [0.05, 0.1) is 25.1 Å². The molecule has 2 aromatic heterocycles. The van der Waals surface area contributed by atoms with Gasteiger partial charge >= 0.3 is 11.9 Å². The Bertz CT molecular complexity index is 1810. The molecule has 2 fully saturated rings. The molecule has 3 N–H and O–H groups in total. The monoisotopic (exact) mass is 736 g/mol. The molecule has 0 unspecified atom stereocenters. The minimum atomic E-state index is -1.45. The first-order chi connectivity index (χ1) is 25.3. The number of carbonyl (C=O) groups is 2. The van der Waals surface area contributed by atoms with Crippen LogP contribution in [0.4, 0.5) is 10.6 Å². The third-order valence-corrected chi connectivity index (χ3v) is 9.84. The van der Waals surface area contributed by atoms with Crippen LogP contribution in [0.1, 0.15) is 18.9 Å². The fraction of sp³-hybridized carbons (Fsp3) is 0.528. The Morgan fingerprint density at radius 3 is 2.58 bits per heavy atom. The number of rotatable bonds is 13. The molecule has 2 amide bonds. The average Bonchev–Trinajstić information content (AvgIpc) is 3.60. The van der Waals surface area contributed by atoms with Crippen molar-refractivity contribution < 1.29 is 43.9 Å². The first-order valence-corrected chi connectivity index (χ1v) is 17.3. The van der Waals surface area contributed by atoms with Crippen molar-refractivity contribution >= 4 is 28.8 Å². The van der Waals surface area contributed by atoms with Crippen molar-refractivity contribution in [2.45, 2.75) is 50.6 Å². The van der Waals surface area contributed by atoms with Crippen molar-refractivity contribution in [1.29, 1.82) is 0 Å². The van der Waals surface area contributed by atoms with Crippen LogP contribution in [0, 0.1) is 12.5 Å². The maximum atomic E-state index is 13.6. The van der Waals surface area contributed by atoms with Crippen LogP contribution < -0.4 is 14.4 Å². The van der Waals surface area contributed by atoms with Crippen molar-refractivity contribution in [3.05, 3.63) is 66.2 Å². The van der Waals surface area contributed by atoms with Gasteiger partial charge in [-0.1, -0.05) is 13.0 Å². The van der Waals surface area contributed by atoms with Gasteiger partial charge in [0, 0.05) is 53.5 Å². The van der Waals surface area contributed by atoms with Crippen molar-refractivity contribution in [3.8, 4) is 11.5 Å². The lowest BCUT2D eigenvalue weighted by Crippen LogP contribution is -2.54. The van der Waals surface area contributed by atoms with Crippen molar-refractivity contribution in [2.24, 2.45) is 5.92 Å². The predicted molar refractivity (Wildman–Crippen MR) is 193 cm³/mol. The summed E-state index contributed by atoms with van der Waals surface area (Å²) in [5, 5.41) is 30.6. The molecular weight excluding hydrogens is 688 g/mol. The zero-order chi connectivity index (χ0) is 38.4. The lowest BCUT2D eigenvalue weighted by Gasteiger charge is -2.41. The molecule has 2 aliphatic heterocycles. The van der Waals surface area contributed by atoms with E-state index in [2.05, 4.69) is 28.3 Å². The number of aliphatic hydroxyl groups excluding tert-OH is 3. The molecular formula is C36H48N8O9. The highest BCUT2D eigenvalue weighted by Gasteiger charge is 2.39. The molecule has 286 valence electrons. The number of hydrogen-bond acceptors (Lipinski definition) is 13. The number of amides is 2. The number of carbonyl (C=O) groups excluding carboxylic acids is 2. The lowest BCUT2D eigenvalue weighted by atomic mass is 9.92. The molecule has 4 heterocycles. The van der Waals surface area contributed by atoms with E-state index in [-0.39, 0.29) is 49.4 Å². The normalized spacial score (nSPS) is 22.8. The summed E-state index contributed by atoms with van der Waals surface area (Å²) < 4.78 is 23.9. The zero-order valence-corrected chi connectivity index (χ0v) is 30.7. The Kier molecular flexibility index (Phi) is 12.6. The molecule has 2 aliphatic rings. The van der Waals surface area contributed by atoms with Crippen LogP contribution in [-0.4, -0.2) is 155 Å². The Morgan fingerprint density at radius 2 is 1.85 bits per heavy atom. The smallest absolute Gasteiger partial charge is 0.329 e. The van der Waals surface area contributed by atoms with Gasteiger partial charge in [0.1, 0.15) is 37.1 Å². The second-order valence-corrected chi connectivity index (χ2v) is 13.4. The van der Waals surface area contributed by atoms with E-state index in [1.807, 2.05) is 25.1 Å². The number of likely N-dealkylation sites (tertiary alicyclic amines) is 1. The maximum Gasteiger partial charge on any atom is 0.329 e. The molecule has 0 saturated carbocycles. The summed E-state index contributed by atoms with van der Waals surface area (Å²) in [6.07, 6.45) is -1.33. The van der Waals surface area contributed by atoms with Crippen LogP contribution in [-0.2, 0) is 20.9 Å². The van der Waals surface area contributed by atoms with Gasteiger partial charge in [0.15, 0.2) is 23.0 Å². The van der Waals surface area contributed by atoms with Gasteiger partial charge in [0.25, 0.3) is 6.54 Å². The first kappa shape index (κ1) is 39.1. The van der Waals surface area contributed by atoms with Crippen LogP contribution in [0.3, 0.4) is 0 Å². The Hall–Kier alpha value is -5.15. The molecule has 53 heavy (non-hydrogen) atoms. The summed E-state index contributed by atoms with van der Waals surface area (Å²) in [5.74, 6) is 1.77. The molecule has 5 rings (SSSR count).